The lowest BCUT2D eigenvalue weighted by Crippen LogP contribution is -2.11. The van der Waals surface area contributed by atoms with Gasteiger partial charge in [0.2, 0.25) is 0 Å². The van der Waals surface area contributed by atoms with Gasteiger partial charge >= 0.3 is 0 Å². The molecule has 1 aromatic carbocycles. The van der Waals surface area contributed by atoms with Crippen LogP contribution in [0.5, 0.6) is 0 Å². The van der Waals surface area contributed by atoms with Crippen LogP contribution in [0.1, 0.15) is 5.56 Å². The van der Waals surface area contributed by atoms with Gasteiger partial charge in [-0.3, -0.25) is 4.99 Å². The van der Waals surface area contributed by atoms with E-state index in [9.17, 15) is 0 Å². The average molecular weight is 186 g/mol. The number of hydrogen-bond donors (Lipinski definition) is 0. The smallest absolute Gasteiger partial charge is 0.0890 e. The van der Waals surface area contributed by atoms with E-state index in [2.05, 4.69) is 46.4 Å². The van der Waals surface area contributed by atoms with Crippen molar-refractivity contribution in [1.29, 1.82) is 0 Å². The van der Waals surface area contributed by atoms with Gasteiger partial charge in [-0.15, -0.1) is 0 Å². The van der Waals surface area contributed by atoms with Gasteiger partial charge in [0.15, 0.2) is 0 Å². The zero-order valence-corrected chi connectivity index (χ0v) is 8.13. The summed E-state index contributed by atoms with van der Waals surface area (Å²) in [7, 11) is 0. The first-order valence-corrected chi connectivity index (χ1v) is 4.91. The molecule has 72 valence electrons. The Balaban J connectivity index is 1.85. The molecule has 1 heterocycles. The van der Waals surface area contributed by atoms with E-state index < -0.39 is 0 Å². The molecule has 0 atom stereocenters. The highest BCUT2D eigenvalue weighted by molar-refractivity contribution is 5.58. The summed E-state index contributed by atoms with van der Waals surface area (Å²) in [5.41, 5.74) is 1.35. The summed E-state index contributed by atoms with van der Waals surface area (Å²) < 4.78 is 0. The van der Waals surface area contributed by atoms with Crippen LogP contribution >= 0.6 is 0 Å². The van der Waals surface area contributed by atoms with Crippen LogP contribution in [-0.4, -0.2) is 24.3 Å². The molecule has 2 nitrogen and oxygen atoms in total. The predicted molar refractivity (Wildman–Crippen MR) is 59.4 cm³/mol. The molecule has 1 aliphatic rings. The first kappa shape index (κ1) is 9.00. The summed E-state index contributed by atoms with van der Waals surface area (Å²) in [4.78, 5) is 6.25. The zero-order valence-electron chi connectivity index (χ0n) is 8.13. The zero-order chi connectivity index (χ0) is 9.64. The Bertz CT molecular complexity index is 327. The van der Waals surface area contributed by atoms with Crippen molar-refractivity contribution in [1.82, 2.24) is 4.90 Å². The lowest BCUT2D eigenvalue weighted by atomic mass is 10.1. The first-order valence-electron chi connectivity index (χ1n) is 4.91. The monoisotopic (exact) mass is 186 g/mol. The van der Waals surface area contributed by atoms with Crippen LogP contribution in [0.4, 0.5) is 0 Å². The minimum atomic E-state index is 0.926. The van der Waals surface area contributed by atoms with Crippen molar-refractivity contribution in [3.05, 3.63) is 48.2 Å². The van der Waals surface area contributed by atoms with Crippen LogP contribution < -0.4 is 0 Å². The Morgan fingerprint density at radius 3 is 2.86 bits per heavy atom. The number of nitrogens with zero attached hydrogens (tertiary/aromatic N) is 2. The number of aliphatic imine (C=N–C) groups is 1. The van der Waals surface area contributed by atoms with Gasteiger partial charge in [0, 0.05) is 12.7 Å². The fourth-order valence-corrected chi connectivity index (χ4v) is 1.44. The van der Waals surface area contributed by atoms with E-state index in [0.29, 0.717) is 0 Å². The molecule has 1 aliphatic heterocycles. The van der Waals surface area contributed by atoms with Crippen LogP contribution in [0.15, 0.2) is 47.6 Å². The normalized spacial score (nSPS) is 15.6. The van der Waals surface area contributed by atoms with Crippen molar-refractivity contribution in [2.45, 2.75) is 6.42 Å². The third kappa shape index (κ3) is 2.46. The molecule has 1 aromatic rings. The Morgan fingerprint density at radius 2 is 2.14 bits per heavy atom. The maximum atomic E-state index is 4.14. The molecule has 0 fully saturated rings. The van der Waals surface area contributed by atoms with Gasteiger partial charge in [-0.25, -0.2) is 0 Å². The molecule has 0 bridgehead atoms. The van der Waals surface area contributed by atoms with Gasteiger partial charge in [0.05, 0.1) is 12.9 Å². The van der Waals surface area contributed by atoms with Gasteiger partial charge in [-0.1, -0.05) is 36.4 Å². The third-order valence-corrected chi connectivity index (χ3v) is 2.21. The van der Waals surface area contributed by atoms with E-state index in [1.54, 1.807) is 0 Å². The van der Waals surface area contributed by atoms with E-state index in [4.69, 9.17) is 0 Å². The standard InChI is InChI=1S/C12H14N2/c1-2-5-12(6-3-1)7-4-9-14-10-8-13-11-14/h1-6,9,11H,7-8,10H2. The molecule has 0 saturated heterocycles. The summed E-state index contributed by atoms with van der Waals surface area (Å²) in [6.07, 6.45) is 7.16. The second-order valence-corrected chi connectivity index (χ2v) is 3.33. The summed E-state index contributed by atoms with van der Waals surface area (Å²) in [6.45, 7) is 1.95. The summed E-state index contributed by atoms with van der Waals surface area (Å²) >= 11 is 0. The van der Waals surface area contributed by atoms with Crippen LogP contribution in [-0.2, 0) is 6.42 Å². The SMILES string of the molecule is C(=CN1C=NCC1)Cc1ccccc1. The van der Waals surface area contributed by atoms with Crippen molar-refractivity contribution in [3.8, 4) is 0 Å². The molecular formula is C12H14N2. The molecule has 0 unspecified atom stereocenters. The van der Waals surface area contributed by atoms with Crippen molar-refractivity contribution in [3.63, 3.8) is 0 Å². The number of allylic oxidation sites excluding steroid dienone is 1. The summed E-state index contributed by atoms with van der Waals surface area (Å²) in [6, 6.07) is 10.5. The molecule has 0 aliphatic carbocycles. The third-order valence-electron chi connectivity index (χ3n) is 2.21. The van der Waals surface area contributed by atoms with Crippen LogP contribution in [0.3, 0.4) is 0 Å². The van der Waals surface area contributed by atoms with Crippen LogP contribution in [0.25, 0.3) is 0 Å². The van der Waals surface area contributed by atoms with Crippen molar-refractivity contribution in [2.75, 3.05) is 13.1 Å². The van der Waals surface area contributed by atoms with E-state index in [1.807, 2.05) is 12.4 Å². The van der Waals surface area contributed by atoms with Gasteiger partial charge < -0.3 is 4.90 Å². The number of hydrogen-bond acceptors (Lipinski definition) is 2. The Hall–Kier alpha value is -1.57. The topological polar surface area (TPSA) is 15.6 Å². The maximum absolute atomic E-state index is 4.14. The molecule has 2 heteroatoms. The quantitative estimate of drug-likeness (QED) is 0.705. The van der Waals surface area contributed by atoms with E-state index >= 15 is 0 Å². The fraction of sp³-hybridized carbons (Fsp3) is 0.250. The first-order chi connectivity index (χ1) is 6.95. The molecule has 14 heavy (non-hydrogen) atoms. The Kier molecular flexibility index (Phi) is 2.96. The lowest BCUT2D eigenvalue weighted by molar-refractivity contribution is 0.622. The number of benzene rings is 1. The van der Waals surface area contributed by atoms with Crippen molar-refractivity contribution >= 4 is 6.34 Å². The van der Waals surface area contributed by atoms with E-state index in [1.165, 1.54) is 5.56 Å². The van der Waals surface area contributed by atoms with Crippen LogP contribution in [0.2, 0.25) is 0 Å². The van der Waals surface area contributed by atoms with Crippen molar-refractivity contribution < 1.29 is 0 Å². The van der Waals surface area contributed by atoms with Crippen LogP contribution in [0, 0.1) is 0 Å². The molecule has 2 rings (SSSR count). The predicted octanol–water partition coefficient (Wildman–Crippen LogP) is 2.09. The molecule has 0 saturated carbocycles. The highest BCUT2D eigenvalue weighted by atomic mass is 15.2. The Labute approximate surface area is 84.6 Å². The van der Waals surface area contributed by atoms with Crippen molar-refractivity contribution in [2.24, 2.45) is 4.99 Å². The molecule has 0 radical (unpaired) electrons. The largest absolute Gasteiger partial charge is 0.338 e. The molecular weight excluding hydrogens is 172 g/mol. The lowest BCUT2D eigenvalue weighted by Gasteiger charge is -2.05. The fourth-order valence-electron chi connectivity index (χ4n) is 1.44. The maximum Gasteiger partial charge on any atom is 0.0890 e. The average Bonchev–Trinajstić information content (AvgIpc) is 2.72. The molecule has 0 aromatic heterocycles. The second kappa shape index (κ2) is 4.61. The second-order valence-electron chi connectivity index (χ2n) is 3.33. The van der Waals surface area contributed by atoms with E-state index in [0.717, 1.165) is 19.5 Å². The highest BCUT2D eigenvalue weighted by Crippen LogP contribution is 2.01. The van der Waals surface area contributed by atoms with Gasteiger partial charge in [-0.2, -0.15) is 0 Å². The van der Waals surface area contributed by atoms with Gasteiger partial charge in [0.1, 0.15) is 0 Å². The summed E-state index contributed by atoms with van der Waals surface area (Å²) in [5.74, 6) is 0. The molecule has 0 N–H and O–H groups in total. The number of rotatable bonds is 3. The highest BCUT2D eigenvalue weighted by Gasteiger charge is 1.98. The van der Waals surface area contributed by atoms with E-state index in [-0.39, 0.29) is 0 Å². The molecule has 0 amide bonds. The minimum Gasteiger partial charge on any atom is -0.338 e. The van der Waals surface area contributed by atoms with Gasteiger partial charge in [0.25, 0.3) is 0 Å². The Morgan fingerprint density at radius 1 is 1.29 bits per heavy atom. The summed E-state index contributed by atoms with van der Waals surface area (Å²) in [5, 5.41) is 0. The minimum absolute atomic E-state index is 0.926. The molecule has 0 spiro atoms. The van der Waals surface area contributed by atoms with Gasteiger partial charge in [-0.05, 0) is 12.0 Å².